The molecule has 2 aromatic rings. The van der Waals surface area contributed by atoms with Crippen LogP contribution in [0.1, 0.15) is 37.3 Å². The maximum absolute atomic E-state index is 14.4. The van der Waals surface area contributed by atoms with E-state index in [0.717, 1.165) is 25.2 Å². The largest absolute Gasteiger partial charge is 0.344 e. The van der Waals surface area contributed by atoms with Crippen molar-refractivity contribution >= 4 is 5.82 Å². The molecule has 6 heteroatoms. The van der Waals surface area contributed by atoms with Crippen molar-refractivity contribution in [3.05, 3.63) is 42.1 Å². The summed E-state index contributed by atoms with van der Waals surface area (Å²) in [5.41, 5.74) is 0.453. The molecule has 3 heterocycles. The summed E-state index contributed by atoms with van der Waals surface area (Å²) in [4.78, 5) is 18.6. The maximum Gasteiger partial charge on any atom is 0.187 e. The van der Waals surface area contributed by atoms with Gasteiger partial charge in [0.2, 0.25) is 0 Å². The van der Waals surface area contributed by atoms with Crippen LogP contribution in [-0.4, -0.2) is 26.5 Å². The Labute approximate surface area is 116 Å². The highest BCUT2D eigenvalue weighted by Crippen LogP contribution is 2.34. The third-order valence-electron chi connectivity index (χ3n) is 3.59. The number of rotatable bonds is 3. The summed E-state index contributed by atoms with van der Waals surface area (Å²) in [5.74, 6) is 0.769. The molecule has 1 aliphatic rings. The van der Waals surface area contributed by atoms with Gasteiger partial charge in [0.05, 0.1) is 11.7 Å². The normalized spacial score (nSPS) is 18.5. The number of nitrogens with zero attached hydrogens (tertiary/aromatic N) is 5. The third-order valence-corrected chi connectivity index (χ3v) is 3.59. The average molecular weight is 273 g/mol. The molecule has 0 radical (unpaired) electrons. The Morgan fingerprint density at radius 1 is 1.25 bits per heavy atom. The van der Waals surface area contributed by atoms with Crippen LogP contribution in [-0.2, 0) is 6.42 Å². The van der Waals surface area contributed by atoms with Crippen molar-refractivity contribution in [3.8, 4) is 0 Å². The van der Waals surface area contributed by atoms with Gasteiger partial charge in [-0.2, -0.15) is 0 Å². The summed E-state index contributed by atoms with van der Waals surface area (Å²) in [6.07, 6.45) is 7.31. The van der Waals surface area contributed by atoms with E-state index in [1.54, 1.807) is 18.5 Å². The number of hydrogen-bond donors (Lipinski definition) is 0. The van der Waals surface area contributed by atoms with Crippen molar-refractivity contribution in [2.75, 3.05) is 11.4 Å². The van der Waals surface area contributed by atoms with Gasteiger partial charge in [-0.3, -0.25) is 0 Å². The Morgan fingerprint density at radius 2 is 2.05 bits per heavy atom. The van der Waals surface area contributed by atoms with E-state index < -0.39 is 0 Å². The molecule has 0 spiro atoms. The summed E-state index contributed by atoms with van der Waals surface area (Å²) in [6.45, 7) is 2.65. The van der Waals surface area contributed by atoms with E-state index in [2.05, 4.69) is 19.9 Å². The second kappa shape index (κ2) is 5.48. The summed E-state index contributed by atoms with van der Waals surface area (Å²) >= 11 is 0. The zero-order chi connectivity index (χ0) is 13.9. The Morgan fingerprint density at radius 3 is 2.80 bits per heavy atom. The summed E-state index contributed by atoms with van der Waals surface area (Å²) in [6, 6.07) is 1.77. The highest BCUT2D eigenvalue weighted by atomic mass is 19.1. The molecule has 104 valence electrons. The molecule has 3 rings (SSSR count). The smallest absolute Gasteiger partial charge is 0.187 e. The first-order chi connectivity index (χ1) is 9.81. The zero-order valence-corrected chi connectivity index (χ0v) is 11.3. The fourth-order valence-corrected chi connectivity index (χ4v) is 2.61. The highest BCUT2D eigenvalue weighted by molar-refractivity contribution is 5.44. The van der Waals surface area contributed by atoms with Crippen molar-refractivity contribution in [2.24, 2.45) is 0 Å². The quantitative estimate of drug-likeness (QED) is 0.859. The summed E-state index contributed by atoms with van der Waals surface area (Å²) < 4.78 is 14.4. The van der Waals surface area contributed by atoms with Crippen LogP contribution >= 0.6 is 0 Å². The van der Waals surface area contributed by atoms with Crippen LogP contribution in [0.15, 0.2) is 24.8 Å². The van der Waals surface area contributed by atoms with Crippen LogP contribution in [0.25, 0.3) is 0 Å². The first-order valence-corrected chi connectivity index (χ1v) is 6.84. The molecule has 20 heavy (non-hydrogen) atoms. The van der Waals surface area contributed by atoms with Gasteiger partial charge in [-0.05, 0) is 25.3 Å². The topological polar surface area (TPSA) is 54.8 Å². The van der Waals surface area contributed by atoms with E-state index in [1.165, 1.54) is 6.33 Å². The fraction of sp³-hybridized carbons (Fsp3) is 0.429. The third kappa shape index (κ3) is 2.21. The Balaban J connectivity index is 1.97. The monoisotopic (exact) mass is 273 g/mol. The lowest BCUT2D eigenvalue weighted by Crippen LogP contribution is -2.26. The lowest BCUT2D eigenvalue weighted by molar-refractivity contribution is 0.572. The molecule has 1 saturated heterocycles. The first-order valence-electron chi connectivity index (χ1n) is 6.84. The second-order valence-corrected chi connectivity index (χ2v) is 4.77. The minimum Gasteiger partial charge on any atom is -0.344 e. The van der Waals surface area contributed by atoms with Crippen molar-refractivity contribution in [3.63, 3.8) is 0 Å². The molecule has 1 aliphatic heterocycles. The number of halogens is 1. The van der Waals surface area contributed by atoms with Gasteiger partial charge < -0.3 is 4.90 Å². The second-order valence-electron chi connectivity index (χ2n) is 4.77. The Hall–Kier alpha value is -2.11. The van der Waals surface area contributed by atoms with Gasteiger partial charge in [0.25, 0.3) is 0 Å². The Kier molecular flexibility index (Phi) is 3.54. The van der Waals surface area contributed by atoms with E-state index >= 15 is 0 Å². The molecule has 0 saturated carbocycles. The molecule has 2 aromatic heterocycles. The molecular formula is C14H16FN5. The van der Waals surface area contributed by atoms with Gasteiger partial charge in [0, 0.05) is 18.9 Å². The zero-order valence-electron chi connectivity index (χ0n) is 11.3. The van der Waals surface area contributed by atoms with Crippen LogP contribution in [0.4, 0.5) is 10.2 Å². The fourth-order valence-electron chi connectivity index (χ4n) is 2.61. The molecule has 0 N–H and O–H groups in total. The molecule has 0 amide bonds. The lowest BCUT2D eigenvalue weighted by atomic mass is 10.2. The van der Waals surface area contributed by atoms with Gasteiger partial charge in [0.1, 0.15) is 6.33 Å². The number of anilines is 1. The van der Waals surface area contributed by atoms with Crippen molar-refractivity contribution in [2.45, 2.75) is 32.2 Å². The Bertz CT molecular complexity index is 589. The average Bonchev–Trinajstić information content (AvgIpc) is 2.97. The van der Waals surface area contributed by atoms with E-state index in [-0.39, 0.29) is 11.9 Å². The first kappa shape index (κ1) is 12.9. The van der Waals surface area contributed by atoms with E-state index in [0.29, 0.717) is 17.9 Å². The van der Waals surface area contributed by atoms with Crippen molar-refractivity contribution < 1.29 is 4.39 Å². The van der Waals surface area contributed by atoms with Gasteiger partial charge in [-0.15, -0.1) is 0 Å². The van der Waals surface area contributed by atoms with Crippen LogP contribution < -0.4 is 4.90 Å². The summed E-state index contributed by atoms with van der Waals surface area (Å²) in [7, 11) is 0. The lowest BCUT2D eigenvalue weighted by Gasteiger charge is -2.25. The van der Waals surface area contributed by atoms with Gasteiger partial charge in [-0.1, -0.05) is 6.92 Å². The van der Waals surface area contributed by atoms with Crippen LogP contribution in [0.5, 0.6) is 0 Å². The highest BCUT2D eigenvalue weighted by Gasteiger charge is 2.31. The molecule has 1 atom stereocenters. The SMILES string of the molecule is CCc1ncnc(N2CCCC2c2ncccn2)c1F. The van der Waals surface area contributed by atoms with E-state index in [4.69, 9.17) is 0 Å². The number of aromatic nitrogens is 4. The van der Waals surface area contributed by atoms with Crippen LogP contribution in [0.2, 0.25) is 0 Å². The number of hydrogen-bond acceptors (Lipinski definition) is 5. The predicted octanol–water partition coefficient (Wildman–Crippen LogP) is 2.31. The molecule has 0 aromatic carbocycles. The van der Waals surface area contributed by atoms with Crippen LogP contribution in [0, 0.1) is 5.82 Å². The maximum atomic E-state index is 14.4. The summed E-state index contributed by atoms with van der Waals surface area (Å²) in [5, 5.41) is 0. The van der Waals surface area contributed by atoms with Crippen molar-refractivity contribution in [1.29, 1.82) is 0 Å². The molecule has 1 fully saturated rings. The number of aryl methyl sites for hydroxylation is 1. The van der Waals surface area contributed by atoms with E-state index in [9.17, 15) is 4.39 Å². The van der Waals surface area contributed by atoms with Gasteiger partial charge >= 0.3 is 0 Å². The molecule has 0 aliphatic carbocycles. The molecule has 5 nitrogen and oxygen atoms in total. The van der Waals surface area contributed by atoms with Crippen molar-refractivity contribution in [1.82, 2.24) is 19.9 Å². The van der Waals surface area contributed by atoms with Crippen LogP contribution in [0.3, 0.4) is 0 Å². The van der Waals surface area contributed by atoms with E-state index in [1.807, 2.05) is 11.8 Å². The van der Waals surface area contributed by atoms with Gasteiger partial charge in [-0.25, -0.2) is 24.3 Å². The minimum atomic E-state index is -0.321. The predicted molar refractivity (Wildman–Crippen MR) is 72.7 cm³/mol. The molecule has 0 bridgehead atoms. The van der Waals surface area contributed by atoms with Gasteiger partial charge in [0.15, 0.2) is 17.5 Å². The molecular weight excluding hydrogens is 257 g/mol. The minimum absolute atomic E-state index is 0.00898. The standard InChI is InChI=1S/C14H16FN5/c1-2-10-12(15)14(19-9-18-10)20-8-3-5-11(20)13-16-6-4-7-17-13/h4,6-7,9,11H,2-3,5,8H2,1H3. The molecule has 1 unspecified atom stereocenters.